The Balaban J connectivity index is 2.99. The summed E-state index contributed by atoms with van der Waals surface area (Å²) in [6.45, 7) is 4.53. The summed E-state index contributed by atoms with van der Waals surface area (Å²) >= 11 is 0. The lowest BCUT2D eigenvalue weighted by Gasteiger charge is -2.18. The minimum atomic E-state index is -3.63. The van der Waals surface area contributed by atoms with Crippen LogP contribution in [0.4, 0.5) is 5.69 Å². The Morgan fingerprint density at radius 2 is 1.86 bits per heavy atom. The van der Waals surface area contributed by atoms with Crippen molar-refractivity contribution in [2.24, 2.45) is 5.41 Å². The molecule has 0 unspecified atom stereocenters. The molecule has 1 aromatic rings. The van der Waals surface area contributed by atoms with E-state index in [2.05, 4.69) is 10.0 Å². The Kier molecular flexibility index (Phi) is 5.31. The van der Waals surface area contributed by atoms with Crippen LogP contribution in [0.1, 0.15) is 25.8 Å². The van der Waals surface area contributed by atoms with Crippen LogP contribution in [-0.2, 0) is 19.6 Å². The van der Waals surface area contributed by atoms with Crippen LogP contribution in [0.3, 0.4) is 0 Å². The number of hydrogen-bond acceptors (Lipinski definition) is 4. The van der Waals surface area contributed by atoms with Gasteiger partial charge in [0.15, 0.2) is 0 Å². The maximum absolute atomic E-state index is 11.9. The lowest BCUT2D eigenvalue weighted by molar-refractivity contribution is -0.148. The van der Waals surface area contributed by atoms with E-state index in [1.54, 1.807) is 19.1 Å². The number of amides is 1. The maximum atomic E-state index is 11.9. The van der Waals surface area contributed by atoms with E-state index in [9.17, 15) is 18.0 Å². The predicted octanol–water partition coefficient (Wildman–Crippen LogP) is 1.34. The summed E-state index contributed by atoms with van der Waals surface area (Å²) in [4.78, 5) is 23.0. The van der Waals surface area contributed by atoms with Crippen molar-refractivity contribution in [3.8, 4) is 0 Å². The molecule has 122 valence electrons. The highest BCUT2D eigenvalue weighted by Gasteiger charge is 2.30. The molecule has 0 fully saturated rings. The fourth-order valence-electron chi connectivity index (χ4n) is 1.76. The topological polar surface area (TPSA) is 113 Å². The lowest BCUT2D eigenvalue weighted by Crippen LogP contribution is -2.29. The molecule has 8 heteroatoms. The van der Waals surface area contributed by atoms with E-state index in [4.69, 9.17) is 5.11 Å². The third-order valence-corrected chi connectivity index (χ3v) is 4.77. The van der Waals surface area contributed by atoms with Crippen molar-refractivity contribution in [3.63, 3.8) is 0 Å². The predicted molar refractivity (Wildman–Crippen MR) is 82.1 cm³/mol. The van der Waals surface area contributed by atoms with Crippen LogP contribution in [0.5, 0.6) is 0 Å². The molecule has 0 spiro atoms. The van der Waals surface area contributed by atoms with Crippen LogP contribution in [0.15, 0.2) is 23.1 Å². The Morgan fingerprint density at radius 3 is 2.36 bits per heavy atom. The largest absolute Gasteiger partial charge is 0.481 e. The zero-order chi connectivity index (χ0) is 17.1. The maximum Gasteiger partial charge on any atom is 0.309 e. The van der Waals surface area contributed by atoms with Gasteiger partial charge in [0, 0.05) is 12.1 Å². The van der Waals surface area contributed by atoms with E-state index in [-0.39, 0.29) is 11.3 Å². The molecular weight excluding hydrogens is 308 g/mol. The number of carboxylic acid groups (broad SMARTS) is 1. The number of carbonyl (C=O) groups excluding carboxylic acids is 1. The first kappa shape index (κ1) is 18.1. The second-order valence-electron chi connectivity index (χ2n) is 5.60. The summed E-state index contributed by atoms with van der Waals surface area (Å²) in [6, 6.07) is 4.48. The second-order valence-corrected chi connectivity index (χ2v) is 7.46. The van der Waals surface area contributed by atoms with Crippen molar-refractivity contribution in [1.82, 2.24) is 4.72 Å². The smallest absolute Gasteiger partial charge is 0.309 e. The number of aryl methyl sites for hydroxylation is 1. The summed E-state index contributed by atoms with van der Waals surface area (Å²) in [5.74, 6) is -1.57. The third kappa shape index (κ3) is 4.28. The second kappa shape index (κ2) is 6.45. The Morgan fingerprint density at radius 1 is 1.27 bits per heavy atom. The molecule has 0 saturated heterocycles. The average molecular weight is 328 g/mol. The van der Waals surface area contributed by atoms with E-state index in [0.29, 0.717) is 11.3 Å². The lowest BCUT2D eigenvalue weighted by atomic mass is 9.89. The quantitative estimate of drug-likeness (QED) is 0.729. The normalized spacial score (nSPS) is 12.0. The number of rotatable bonds is 6. The summed E-state index contributed by atoms with van der Waals surface area (Å²) in [5, 5.41) is 11.5. The van der Waals surface area contributed by atoms with Gasteiger partial charge in [-0.2, -0.15) is 0 Å². The fourth-order valence-corrected chi connectivity index (χ4v) is 2.75. The Hall–Kier alpha value is -1.93. The van der Waals surface area contributed by atoms with Crippen molar-refractivity contribution in [1.29, 1.82) is 0 Å². The molecule has 0 aliphatic heterocycles. The van der Waals surface area contributed by atoms with E-state index in [1.807, 2.05) is 0 Å². The minimum Gasteiger partial charge on any atom is -0.481 e. The van der Waals surface area contributed by atoms with E-state index in [1.165, 1.54) is 27.0 Å². The van der Waals surface area contributed by atoms with Crippen molar-refractivity contribution in [2.45, 2.75) is 32.1 Å². The molecule has 0 aliphatic carbocycles. The SMILES string of the molecule is CNS(=O)(=O)c1cc(NC(=O)CC(C)(C)C(=O)O)ccc1C. The van der Waals surface area contributed by atoms with E-state index < -0.39 is 27.3 Å². The first-order valence-electron chi connectivity index (χ1n) is 6.57. The number of benzene rings is 1. The molecule has 0 aromatic heterocycles. The summed E-state index contributed by atoms with van der Waals surface area (Å²) in [7, 11) is -2.33. The molecule has 3 N–H and O–H groups in total. The van der Waals surface area contributed by atoms with E-state index >= 15 is 0 Å². The van der Waals surface area contributed by atoms with Gasteiger partial charge in [-0.3, -0.25) is 9.59 Å². The first-order chi connectivity index (χ1) is 9.99. The van der Waals surface area contributed by atoms with Crippen LogP contribution in [-0.4, -0.2) is 32.4 Å². The first-order valence-corrected chi connectivity index (χ1v) is 8.05. The van der Waals surface area contributed by atoms with E-state index in [0.717, 1.165) is 0 Å². The van der Waals surface area contributed by atoms with Crippen molar-refractivity contribution in [3.05, 3.63) is 23.8 Å². The molecule has 0 atom stereocenters. The molecule has 1 rings (SSSR count). The third-order valence-electron chi connectivity index (χ3n) is 3.21. The van der Waals surface area contributed by atoms with Gasteiger partial charge in [0.05, 0.1) is 10.3 Å². The molecule has 0 bridgehead atoms. The highest BCUT2D eigenvalue weighted by molar-refractivity contribution is 7.89. The fraction of sp³-hybridized carbons (Fsp3) is 0.429. The molecule has 0 heterocycles. The molecular formula is C14H20N2O5S. The standard InChI is InChI=1S/C14H20N2O5S/c1-9-5-6-10(7-11(9)22(20,21)15-4)16-12(17)8-14(2,3)13(18)19/h5-7,15H,8H2,1-4H3,(H,16,17)(H,18,19). The van der Waals surface area contributed by atoms with Crippen LogP contribution in [0.2, 0.25) is 0 Å². The van der Waals surface area contributed by atoms with Gasteiger partial charge in [0.25, 0.3) is 0 Å². The van der Waals surface area contributed by atoms with Gasteiger partial charge in [-0.05, 0) is 45.5 Å². The molecule has 22 heavy (non-hydrogen) atoms. The van der Waals surface area contributed by atoms with Gasteiger partial charge in [-0.15, -0.1) is 0 Å². The summed E-state index contributed by atoms with van der Waals surface area (Å²) in [5.41, 5.74) is -0.363. The van der Waals surface area contributed by atoms with Gasteiger partial charge in [-0.1, -0.05) is 6.07 Å². The van der Waals surface area contributed by atoms with Crippen LogP contribution in [0.25, 0.3) is 0 Å². The molecule has 7 nitrogen and oxygen atoms in total. The Bertz CT molecular complexity index is 695. The van der Waals surface area contributed by atoms with Gasteiger partial charge in [0.2, 0.25) is 15.9 Å². The summed E-state index contributed by atoms with van der Waals surface area (Å²) in [6.07, 6.45) is -0.218. The number of sulfonamides is 1. The Labute approximate surface area is 129 Å². The van der Waals surface area contributed by atoms with Crippen LogP contribution >= 0.6 is 0 Å². The van der Waals surface area contributed by atoms with Gasteiger partial charge in [-0.25, -0.2) is 13.1 Å². The van der Waals surface area contributed by atoms with Crippen LogP contribution < -0.4 is 10.0 Å². The molecule has 0 radical (unpaired) electrons. The zero-order valence-electron chi connectivity index (χ0n) is 12.9. The monoisotopic (exact) mass is 328 g/mol. The molecule has 1 aromatic carbocycles. The highest BCUT2D eigenvalue weighted by atomic mass is 32.2. The van der Waals surface area contributed by atoms with Gasteiger partial charge >= 0.3 is 5.97 Å². The average Bonchev–Trinajstić information content (AvgIpc) is 2.40. The number of hydrogen-bond donors (Lipinski definition) is 3. The molecule has 1 amide bonds. The van der Waals surface area contributed by atoms with Gasteiger partial charge < -0.3 is 10.4 Å². The molecule has 0 aliphatic rings. The number of anilines is 1. The summed E-state index contributed by atoms with van der Waals surface area (Å²) < 4.78 is 26.0. The van der Waals surface area contributed by atoms with Crippen molar-refractivity contribution >= 4 is 27.6 Å². The number of aliphatic carboxylic acids is 1. The minimum absolute atomic E-state index is 0.0605. The highest BCUT2D eigenvalue weighted by Crippen LogP contribution is 2.23. The van der Waals surface area contributed by atoms with Gasteiger partial charge in [0.1, 0.15) is 0 Å². The number of nitrogens with one attached hydrogen (secondary N) is 2. The molecule has 0 saturated carbocycles. The zero-order valence-corrected chi connectivity index (χ0v) is 13.7. The number of carbonyl (C=O) groups is 2. The number of carboxylic acids is 1. The van der Waals surface area contributed by atoms with Crippen LogP contribution in [0, 0.1) is 12.3 Å². The van der Waals surface area contributed by atoms with Crippen molar-refractivity contribution in [2.75, 3.05) is 12.4 Å². The van der Waals surface area contributed by atoms with Crippen molar-refractivity contribution < 1.29 is 23.1 Å².